The van der Waals surface area contributed by atoms with Crippen molar-refractivity contribution in [3.63, 3.8) is 0 Å². The summed E-state index contributed by atoms with van der Waals surface area (Å²) >= 11 is 0. The SMILES string of the molecule is CC(=O)NC1CN(C)CCN(Cc2cc(F)cc(F)c2)C1. The largest absolute Gasteiger partial charge is 0.351 e. The van der Waals surface area contributed by atoms with Crippen molar-refractivity contribution in [2.75, 3.05) is 33.2 Å². The maximum Gasteiger partial charge on any atom is 0.217 e. The third kappa shape index (κ3) is 5.06. The van der Waals surface area contributed by atoms with Crippen LogP contribution < -0.4 is 5.32 Å². The van der Waals surface area contributed by atoms with Crippen LogP contribution in [0.2, 0.25) is 0 Å². The summed E-state index contributed by atoms with van der Waals surface area (Å²) in [5, 5.41) is 2.92. The second-order valence-corrected chi connectivity index (χ2v) is 5.67. The van der Waals surface area contributed by atoms with Crippen LogP contribution >= 0.6 is 0 Å². The minimum atomic E-state index is -0.560. The van der Waals surface area contributed by atoms with Gasteiger partial charge in [-0.05, 0) is 24.7 Å². The summed E-state index contributed by atoms with van der Waals surface area (Å²) in [5.41, 5.74) is 0.610. The van der Waals surface area contributed by atoms with Gasteiger partial charge in [0.05, 0.1) is 6.04 Å². The Labute approximate surface area is 123 Å². The molecule has 1 aromatic rings. The predicted octanol–water partition coefficient (Wildman–Crippen LogP) is 1.22. The molecule has 1 aliphatic rings. The fraction of sp³-hybridized carbons (Fsp3) is 0.533. The molecule has 0 radical (unpaired) electrons. The molecule has 6 heteroatoms. The van der Waals surface area contributed by atoms with E-state index in [9.17, 15) is 13.6 Å². The molecule has 1 unspecified atom stereocenters. The molecule has 1 amide bonds. The molecule has 0 aliphatic carbocycles. The van der Waals surface area contributed by atoms with Crippen LogP contribution in [0, 0.1) is 11.6 Å². The molecule has 2 rings (SSSR count). The van der Waals surface area contributed by atoms with Crippen molar-refractivity contribution in [2.45, 2.75) is 19.5 Å². The molecule has 1 atom stereocenters. The van der Waals surface area contributed by atoms with E-state index < -0.39 is 11.6 Å². The Balaban J connectivity index is 2.05. The number of amides is 1. The lowest BCUT2D eigenvalue weighted by Gasteiger charge is -2.24. The van der Waals surface area contributed by atoms with E-state index in [1.807, 2.05) is 7.05 Å². The number of nitrogens with zero attached hydrogens (tertiary/aromatic N) is 2. The Morgan fingerprint density at radius 3 is 2.52 bits per heavy atom. The zero-order valence-corrected chi connectivity index (χ0v) is 12.4. The monoisotopic (exact) mass is 297 g/mol. The first-order chi connectivity index (χ1) is 9.92. The van der Waals surface area contributed by atoms with E-state index in [4.69, 9.17) is 0 Å². The van der Waals surface area contributed by atoms with Crippen LogP contribution in [0.1, 0.15) is 12.5 Å². The quantitative estimate of drug-likeness (QED) is 0.911. The van der Waals surface area contributed by atoms with Crippen molar-refractivity contribution in [3.8, 4) is 0 Å². The Kier molecular flexibility index (Phi) is 5.25. The first-order valence-corrected chi connectivity index (χ1v) is 7.05. The zero-order chi connectivity index (χ0) is 15.4. The van der Waals surface area contributed by atoms with Crippen molar-refractivity contribution in [3.05, 3.63) is 35.4 Å². The molecule has 0 spiro atoms. The Morgan fingerprint density at radius 1 is 1.24 bits per heavy atom. The summed E-state index contributed by atoms with van der Waals surface area (Å²) in [6.07, 6.45) is 0. The molecule has 1 fully saturated rings. The lowest BCUT2D eigenvalue weighted by molar-refractivity contribution is -0.119. The Morgan fingerprint density at radius 2 is 1.90 bits per heavy atom. The Hall–Kier alpha value is -1.53. The van der Waals surface area contributed by atoms with Gasteiger partial charge in [0.15, 0.2) is 0 Å². The van der Waals surface area contributed by atoms with E-state index in [-0.39, 0.29) is 11.9 Å². The van der Waals surface area contributed by atoms with E-state index in [0.717, 1.165) is 25.7 Å². The molecule has 1 heterocycles. The molecule has 1 aliphatic heterocycles. The van der Waals surface area contributed by atoms with E-state index in [1.165, 1.54) is 19.1 Å². The van der Waals surface area contributed by atoms with Crippen LogP contribution in [-0.2, 0) is 11.3 Å². The lowest BCUT2D eigenvalue weighted by atomic mass is 10.2. The van der Waals surface area contributed by atoms with Gasteiger partial charge in [0.1, 0.15) is 11.6 Å². The van der Waals surface area contributed by atoms with Gasteiger partial charge in [0, 0.05) is 45.7 Å². The van der Waals surface area contributed by atoms with Gasteiger partial charge < -0.3 is 10.2 Å². The zero-order valence-electron chi connectivity index (χ0n) is 12.4. The third-order valence-corrected chi connectivity index (χ3v) is 3.54. The van der Waals surface area contributed by atoms with Crippen LogP contribution in [0.3, 0.4) is 0 Å². The normalized spacial score (nSPS) is 21.0. The number of hydrogen-bond donors (Lipinski definition) is 1. The maximum absolute atomic E-state index is 13.2. The molecule has 1 saturated heterocycles. The minimum absolute atomic E-state index is 0.0217. The van der Waals surface area contributed by atoms with Crippen LogP contribution in [0.25, 0.3) is 0 Å². The van der Waals surface area contributed by atoms with Crippen LogP contribution in [0.4, 0.5) is 8.78 Å². The molecule has 1 N–H and O–H groups in total. The number of carbonyl (C=O) groups is 1. The summed E-state index contributed by atoms with van der Waals surface area (Å²) in [7, 11) is 2.00. The Bertz CT molecular complexity index is 489. The summed E-state index contributed by atoms with van der Waals surface area (Å²) in [6.45, 7) is 5.06. The van der Waals surface area contributed by atoms with Crippen molar-refractivity contribution in [1.29, 1.82) is 0 Å². The number of rotatable bonds is 3. The van der Waals surface area contributed by atoms with Gasteiger partial charge in [-0.2, -0.15) is 0 Å². The summed E-state index contributed by atoms with van der Waals surface area (Å²) in [5.74, 6) is -1.18. The van der Waals surface area contributed by atoms with E-state index in [0.29, 0.717) is 18.7 Å². The van der Waals surface area contributed by atoms with Crippen LogP contribution in [0.5, 0.6) is 0 Å². The number of likely N-dealkylation sites (N-methyl/N-ethyl adjacent to an activating group) is 1. The average Bonchev–Trinajstić information content (AvgIpc) is 2.49. The summed E-state index contributed by atoms with van der Waals surface area (Å²) in [4.78, 5) is 15.5. The third-order valence-electron chi connectivity index (χ3n) is 3.54. The highest BCUT2D eigenvalue weighted by molar-refractivity contribution is 5.73. The molecule has 0 bridgehead atoms. The molecule has 0 saturated carbocycles. The molecule has 21 heavy (non-hydrogen) atoms. The van der Waals surface area contributed by atoms with Crippen molar-refractivity contribution >= 4 is 5.91 Å². The topological polar surface area (TPSA) is 35.6 Å². The lowest BCUT2D eigenvalue weighted by Crippen LogP contribution is -2.45. The number of carbonyl (C=O) groups excluding carboxylic acids is 1. The second kappa shape index (κ2) is 6.95. The number of nitrogens with one attached hydrogen (secondary N) is 1. The first-order valence-electron chi connectivity index (χ1n) is 7.05. The van der Waals surface area contributed by atoms with E-state index in [2.05, 4.69) is 15.1 Å². The highest BCUT2D eigenvalue weighted by Crippen LogP contribution is 2.12. The van der Waals surface area contributed by atoms with Gasteiger partial charge in [-0.15, -0.1) is 0 Å². The second-order valence-electron chi connectivity index (χ2n) is 5.67. The number of hydrogen-bond acceptors (Lipinski definition) is 3. The number of halogens is 2. The van der Waals surface area contributed by atoms with Gasteiger partial charge in [-0.1, -0.05) is 0 Å². The van der Waals surface area contributed by atoms with Gasteiger partial charge in [-0.3, -0.25) is 9.69 Å². The maximum atomic E-state index is 13.2. The fourth-order valence-corrected chi connectivity index (χ4v) is 2.72. The van der Waals surface area contributed by atoms with Crippen molar-refractivity contribution in [2.24, 2.45) is 0 Å². The fourth-order valence-electron chi connectivity index (χ4n) is 2.72. The van der Waals surface area contributed by atoms with Crippen LogP contribution in [-0.4, -0.2) is 55.0 Å². The average molecular weight is 297 g/mol. The van der Waals surface area contributed by atoms with Gasteiger partial charge in [0.25, 0.3) is 0 Å². The van der Waals surface area contributed by atoms with Gasteiger partial charge in [-0.25, -0.2) is 8.78 Å². The predicted molar refractivity (Wildman–Crippen MR) is 76.7 cm³/mol. The van der Waals surface area contributed by atoms with E-state index in [1.54, 1.807) is 0 Å². The van der Waals surface area contributed by atoms with Crippen LogP contribution in [0.15, 0.2) is 18.2 Å². The summed E-state index contributed by atoms with van der Waals surface area (Å²) in [6, 6.07) is 3.60. The minimum Gasteiger partial charge on any atom is -0.351 e. The van der Waals surface area contributed by atoms with Gasteiger partial charge >= 0.3 is 0 Å². The molecular weight excluding hydrogens is 276 g/mol. The molecule has 0 aromatic heterocycles. The van der Waals surface area contributed by atoms with Gasteiger partial charge in [0.2, 0.25) is 5.91 Å². The summed E-state index contributed by atoms with van der Waals surface area (Å²) < 4.78 is 26.5. The first kappa shape index (κ1) is 15.9. The molecular formula is C15H21F2N3O. The molecule has 1 aromatic carbocycles. The van der Waals surface area contributed by atoms with E-state index >= 15 is 0 Å². The molecule has 116 valence electrons. The number of benzene rings is 1. The highest BCUT2D eigenvalue weighted by atomic mass is 19.1. The smallest absolute Gasteiger partial charge is 0.217 e. The standard InChI is InChI=1S/C15H21F2N3O/c1-11(21)18-15-9-19(2)3-4-20(10-15)8-12-5-13(16)7-14(17)6-12/h5-7,15H,3-4,8-10H2,1-2H3,(H,18,21). The highest BCUT2D eigenvalue weighted by Gasteiger charge is 2.21. The van der Waals surface area contributed by atoms with Crippen molar-refractivity contribution in [1.82, 2.24) is 15.1 Å². The molecule has 4 nitrogen and oxygen atoms in total. The van der Waals surface area contributed by atoms with Crippen molar-refractivity contribution < 1.29 is 13.6 Å².